The van der Waals surface area contributed by atoms with Crippen molar-refractivity contribution in [1.29, 1.82) is 0 Å². The molecule has 0 saturated carbocycles. The Morgan fingerprint density at radius 1 is 1.21 bits per heavy atom. The van der Waals surface area contributed by atoms with Gasteiger partial charge in [0.2, 0.25) is 15.9 Å². The van der Waals surface area contributed by atoms with Gasteiger partial charge in [0.05, 0.1) is 22.2 Å². The van der Waals surface area contributed by atoms with Crippen molar-refractivity contribution in [2.75, 3.05) is 25.0 Å². The van der Waals surface area contributed by atoms with E-state index >= 15 is 0 Å². The normalized spacial score (nSPS) is 11.3. The summed E-state index contributed by atoms with van der Waals surface area (Å²) < 4.78 is 32.1. The number of sulfonamides is 1. The molecule has 29 heavy (non-hydrogen) atoms. The molecule has 2 N–H and O–H groups in total. The highest BCUT2D eigenvalue weighted by Gasteiger charge is 2.22. The lowest BCUT2D eigenvalue weighted by molar-refractivity contribution is 0.251. The number of carbonyl (C=O) groups is 1. The van der Waals surface area contributed by atoms with Crippen molar-refractivity contribution in [3.05, 3.63) is 47.1 Å². The molecule has 2 rings (SSSR count). The van der Waals surface area contributed by atoms with Crippen LogP contribution in [0.15, 0.2) is 41.4 Å². The predicted octanol–water partition coefficient (Wildman–Crippen LogP) is 3.49. The lowest BCUT2D eigenvalue weighted by Gasteiger charge is -2.19. The van der Waals surface area contributed by atoms with Crippen LogP contribution in [0.2, 0.25) is 5.02 Å². The van der Waals surface area contributed by atoms with Gasteiger partial charge in [0, 0.05) is 31.4 Å². The number of benzene rings is 1. The lowest BCUT2D eigenvalue weighted by Crippen LogP contribution is -2.31. The minimum absolute atomic E-state index is 0.0618. The summed E-state index contributed by atoms with van der Waals surface area (Å²) in [6.45, 7) is 6.70. The molecule has 158 valence electrons. The molecule has 0 unspecified atom stereocenters. The van der Waals surface area contributed by atoms with Crippen LogP contribution < -0.4 is 15.4 Å². The Morgan fingerprint density at radius 3 is 2.59 bits per heavy atom. The second-order valence-corrected chi connectivity index (χ2v) is 8.28. The van der Waals surface area contributed by atoms with E-state index in [9.17, 15) is 13.2 Å². The van der Waals surface area contributed by atoms with E-state index in [2.05, 4.69) is 15.6 Å². The number of pyridine rings is 1. The Morgan fingerprint density at radius 2 is 1.93 bits per heavy atom. The van der Waals surface area contributed by atoms with Crippen molar-refractivity contribution in [2.24, 2.45) is 0 Å². The van der Waals surface area contributed by atoms with Crippen LogP contribution in [0.5, 0.6) is 5.88 Å². The van der Waals surface area contributed by atoms with E-state index in [1.54, 1.807) is 32.2 Å². The van der Waals surface area contributed by atoms with Gasteiger partial charge in [-0.15, -0.1) is 0 Å². The Hall–Kier alpha value is -2.36. The number of urea groups is 1. The highest BCUT2D eigenvalue weighted by Crippen LogP contribution is 2.27. The van der Waals surface area contributed by atoms with Gasteiger partial charge in [-0.3, -0.25) is 0 Å². The van der Waals surface area contributed by atoms with Gasteiger partial charge >= 0.3 is 6.03 Å². The van der Waals surface area contributed by atoms with E-state index in [1.165, 1.54) is 22.5 Å². The molecular formula is C19H25ClN4O4S. The first-order chi connectivity index (χ1) is 13.8. The van der Waals surface area contributed by atoms with Crippen LogP contribution in [0.1, 0.15) is 26.3 Å². The first-order valence-electron chi connectivity index (χ1n) is 9.24. The third kappa shape index (κ3) is 5.81. The topological polar surface area (TPSA) is 101 Å². The van der Waals surface area contributed by atoms with Gasteiger partial charge in [-0.05, 0) is 31.2 Å². The van der Waals surface area contributed by atoms with Gasteiger partial charge in [-0.2, -0.15) is 4.31 Å². The third-order valence-corrected chi connectivity index (χ3v) is 6.48. The van der Waals surface area contributed by atoms with Crippen LogP contribution in [0, 0.1) is 0 Å². The second kappa shape index (κ2) is 10.4. The summed E-state index contributed by atoms with van der Waals surface area (Å²) in [5.74, 6) is 0.445. The minimum atomic E-state index is -3.67. The number of ether oxygens (including phenoxy) is 1. The number of aromatic nitrogens is 1. The maximum absolute atomic E-state index is 12.7. The molecule has 0 aliphatic heterocycles. The zero-order valence-electron chi connectivity index (χ0n) is 16.6. The van der Waals surface area contributed by atoms with Gasteiger partial charge in [0.25, 0.3) is 0 Å². The summed E-state index contributed by atoms with van der Waals surface area (Å²) in [4.78, 5) is 16.5. The molecule has 0 aliphatic carbocycles. The van der Waals surface area contributed by atoms with Crippen LogP contribution in [-0.2, 0) is 16.6 Å². The van der Waals surface area contributed by atoms with Crippen molar-refractivity contribution >= 4 is 33.3 Å². The van der Waals surface area contributed by atoms with Gasteiger partial charge in [-0.25, -0.2) is 18.2 Å². The van der Waals surface area contributed by atoms with Crippen molar-refractivity contribution < 1.29 is 17.9 Å². The average Bonchev–Trinajstić information content (AvgIpc) is 2.70. The maximum Gasteiger partial charge on any atom is 0.319 e. The van der Waals surface area contributed by atoms with Crippen LogP contribution in [0.4, 0.5) is 10.5 Å². The van der Waals surface area contributed by atoms with Crippen LogP contribution >= 0.6 is 11.6 Å². The summed E-state index contributed by atoms with van der Waals surface area (Å²) in [7, 11) is -3.67. The number of nitrogens with one attached hydrogen (secondary N) is 2. The van der Waals surface area contributed by atoms with E-state index < -0.39 is 16.1 Å². The summed E-state index contributed by atoms with van der Waals surface area (Å²) in [5.41, 5.74) is 0.919. The first kappa shape index (κ1) is 22.9. The van der Waals surface area contributed by atoms with Crippen LogP contribution in [0.3, 0.4) is 0 Å². The molecule has 0 atom stereocenters. The van der Waals surface area contributed by atoms with Crippen molar-refractivity contribution in [3.63, 3.8) is 0 Å². The highest BCUT2D eigenvalue weighted by atomic mass is 35.5. The summed E-state index contributed by atoms with van der Waals surface area (Å²) in [6, 6.07) is 7.23. The monoisotopic (exact) mass is 440 g/mol. The van der Waals surface area contributed by atoms with Crippen LogP contribution in [-0.4, -0.2) is 43.4 Å². The zero-order valence-corrected chi connectivity index (χ0v) is 18.2. The molecule has 0 spiro atoms. The van der Waals surface area contributed by atoms with Gasteiger partial charge in [0.1, 0.15) is 0 Å². The van der Waals surface area contributed by atoms with E-state index in [0.717, 1.165) is 0 Å². The Labute approximate surface area is 176 Å². The molecular weight excluding hydrogens is 416 g/mol. The number of anilines is 1. The second-order valence-electron chi connectivity index (χ2n) is 5.94. The maximum atomic E-state index is 12.7. The van der Waals surface area contributed by atoms with E-state index in [4.69, 9.17) is 16.3 Å². The van der Waals surface area contributed by atoms with E-state index in [0.29, 0.717) is 31.1 Å². The predicted molar refractivity (Wildman–Crippen MR) is 113 cm³/mol. The quantitative estimate of drug-likeness (QED) is 0.621. The van der Waals surface area contributed by atoms with Crippen molar-refractivity contribution in [1.82, 2.24) is 14.6 Å². The summed E-state index contributed by atoms with van der Waals surface area (Å²) in [6.07, 6.45) is 1.61. The standard InChI is InChI=1S/C19H25ClN4O4S/c1-4-24(5-2)29(26,27)15-9-10-16(20)17(12-15)23-19(25)22-13-14-8-7-11-21-18(14)28-6-3/h7-12H,4-6,13H2,1-3H3,(H2,22,23,25). The molecule has 2 aromatic rings. The number of carbonyl (C=O) groups excluding carboxylic acids is 1. The Balaban J connectivity index is 2.13. The fourth-order valence-corrected chi connectivity index (χ4v) is 4.29. The lowest BCUT2D eigenvalue weighted by atomic mass is 10.2. The summed E-state index contributed by atoms with van der Waals surface area (Å²) >= 11 is 6.14. The minimum Gasteiger partial charge on any atom is -0.478 e. The van der Waals surface area contributed by atoms with Crippen LogP contribution in [0.25, 0.3) is 0 Å². The molecule has 0 bridgehead atoms. The highest BCUT2D eigenvalue weighted by molar-refractivity contribution is 7.89. The molecule has 1 heterocycles. The van der Waals surface area contributed by atoms with Crippen molar-refractivity contribution in [2.45, 2.75) is 32.2 Å². The molecule has 1 aromatic carbocycles. The number of hydrogen-bond donors (Lipinski definition) is 2. The first-order valence-corrected chi connectivity index (χ1v) is 11.1. The van der Waals surface area contributed by atoms with Gasteiger partial charge in [0.15, 0.2) is 0 Å². The van der Waals surface area contributed by atoms with E-state index in [-0.39, 0.29) is 22.2 Å². The number of rotatable bonds is 9. The number of halogens is 1. The number of hydrogen-bond acceptors (Lipinski definition) is 5. The largest absolute Gasteiger partial charge is 0.478 e. The fraction of sp³-hybridized carbons (Fsp3) is 0.368. The molecule has 0 saturated heterocycles. The Bertz CT molecular complexity index is 949. The molecule has 1 aromatic heterocycles. The molecule has 8 nitrogen and oxygen atoms in total. The molecule has 0 aliphatic rings. The smallest absolute Gasteiger partial charge is 0.319 e. The summed E-state index contributed by atoms with van der Waals surface area (Å²) in [5, 5.41) is 5.51. The average molecular weight is 441 g/mol. The molecule has 0 radical (unpaired) electrons. The van der Waals surface area contributed by atoms with Gasteiger partial charge < -0.3 is 15.4 Å². The Kier molecular flexibility index (Phi) is 8.24. The SMILES string of the molecule is CCOc1ncccc1CNC(=O)Nc1cc(S(=O)(=O)N(CC)CC)ccc1Cl. The number of amides is 2. The zero-order chi connectivity index (χ0) is 21.4. The number of nitrogens with zero attached hydrogens (tertiary/aromatic N) is 2. The fourth-order valence-electron chi connectivity index (χ4n) is 2.64. The third-order valence-electron chi connectivity index (χ3n) is 4.10. The van der Waals surface area contributed by atoms with E-state index in [1.807, 2.05) is 6.92 Å². The molecule has 0 fully saturated rings. The van der Waals surface area contributed by atoms with Gasteiger partial charge in [-0.1, -0.05) is 31.5 Å². The van der Waals surface area contributed by atoms with Crippen molar-refractivity contribution in [3.8, 4) is 5.88 Å². The molecule has 2 amide bonds. The molecule has 10 heteroatoms.